The molecule has 0 spiro atoms. The third-order valence-corrected chi connectivity index (χ3v) is 9.17. The lowest BCUT2D eigenvalue weighted by atomic mass is 9.81. The van der Waals surface area contributed by atoms with E-state index >= 15 is 0 Å². The summed E-state index contributed by atoms with van der Waals surface area (Å²) in [5, 5.41) is 13.6. The number of carbonyl (C=O) groups is 1. The summed E-state index contributed by atoms with van der Waals surface area (Å²) in [7, 11) is 0. The minimum absolute atomic E-state index is 0.0269. The van der Waals surface area contributed by atoms with Crippen LogP contribution in [-0.4, -0.2) is 47.8 Å². The van der Waals surface area contributed by atoms with Crippen LogP contribution >= 0.6 is 11.3 Å². The van der Waals surface area contributed by atoms with Crippen LogP contribution in [0.5, 0.6) is 0 Å². The zero-order valence-corrected chi connectivity index (χ0v) is 19.1. The summed E-state index contributed by atoms with van der Waals surface area (Å²) in [5.41, 5.74) is -0.101. The Kier molecular flexibility index (Phi) is 5.93. The number of hydrogen-bond acceptors (Lipinski definition) is 4. The summed E-state index contributed by atoms with van der Waals surface area (Å²) in [6.45, 7) is 4.36. The normalized spacial score (nSPS) is 30.2. The van der Waals surface area contributed by atoms with Gasteiger partial charge in [-0.2, -0.15) is 0 Å². The molecule has 1 aliphatic carbocycles. The van der Waals surface area contributed by atoms with Gasteiger partial charge in [0.15, 0.2) is 11.7 Å². The van der Waals surface area contributed by atoms with Crippen LogP contribution in [0.2, 0.25) is 0 Å². The molecule has 4 nitrogen and oxygen atoms in total. The van der Waals surface area contributed by atoms with Crippen LogP contribution in [0.25, 0.3) is 0 Å². The zero-order valence-electron chi connectivity index (χ0n) is 18.2. The molecule has 1 saturated carbocycles. The number of hydrogen-bond donors (Lipinski definition) is 1. The molecule has 3 aliphatic heterocycles. The van der Waals surface area contributed by atoms with Crippen molar-refractivity contribution < 1.29 is 19.1 Å². The minimum Gasteiger partial charge on any atom is -0.454 e. The lowest BCUT2D eigenvalue weighted by molar-refractivity contribution is -0.946. The van der Waals surface area contributed by atoms with Gasteiger partial charge in [0.05, 0.1) is 19.6 Å². The van der Waals surface area contributed by atoms with Crippen molar-refractivity contribution in [3.05, 3.63) is 58.3 Å². The van der Waals surface area contributed by atoms with Gasteiger partial charge in [0.1, 0.15) is 6.54 Å². The van der Waals surface area contributed by atoms with E-state index < -0.39 is 11.6 Å². The van der Waals surface area contributed by atoms with Crippen molar-refractivity contribution in [1.29, 1.82) is 0 Å². The van der Waals surface area contributed by atoms with E-state index in [9.17, 15) is 9.90 Å². The fourth-order valence-electron chi connectivity index (χ4n) is 6.21. The molecule has 1 aromatic carbocycles. The van der Waals surface area contributed by atoms with Gasteiger partial charge in [0.2, 0.25) is 0 Å². The van der Waals surface area contributed by atoms with E-state index in [1.54, 1.807) is 0 Å². The number of carbonyl (C=O) groups excluding carboxylic acids is 1. The molecule has 5 heteroatoms. The van der Waals surface area contributed by atoms with Crippen LogP contribution in [0, 0.1) is 11.8 Å². The quantitative estimate of drug-likeness (QED) is 0.509. The predicted molar refractivity (Wildman–Crippen MR) is 123 cm³/mol. The van der Waals surface area contributed by atoms with Gasteiger partial charge in [0, 0.05) is 36.0 Å². The Balaban J connectivity index is 1.30. The Labute approximate surface area is 189 Å². The summed E-state index contributed by atoms with van der Waals surface area (Å²) in [6, 6.07) is 14.5. The predicted octanol–water partition coefficient (Wildman–Crippen LogP) is 4.52. The number of ether oxygens (including phenoxy) is 1. The average Bonchev–Trinajstić information content (AvgIpc) is 3.54. The molecule has 0 unspecified atom stereocenters. The second-order valence-corrected chi connectivity index (χ2v) is 10.9. The number of rotatable bonds is 7. The molecule has 4 aliphatic rings. The highest BCUT2D eigenvalue weighted by atomic mass is 32.1. The number of piperidine rings is 3. The number of thiophene rings is 1. The molecule has 3 saturated heterocycles. The maximum Gasteiger partial charge on any atom is 0.344 e. The highest BCUT2D eigenvalue weighted by Gasteiger charge is 2.53. The summed E-state index contributed by atoms with van der Waals surface area (Å²) < 4.78 is 7.25. The summed E-state index contributed by atoms with van der Waals surface area (Å²) >= 11 is 1.47. The average molecular weight is 441 g/mol. The molecule has 0 amide bonds. The minimum atomic E-state index is -1.48. The number of benzene rings is 1. The second-order valence-electron chi connectivity index (χ2n) is 9.94. The standard InChI is InChI=1S/C26H34NO3S/c28-25(26(29,22-9-4-5-10-22)24-11-6-18-31-24)30-23-19-27(16-13-21(23)14-17-27)15-12-20-7-2-1-3-8-20/h1-3,6-8,11,18,21-23,29H,4-5,9-10,12-17,19H2/q+1/t21?,23-,26-,27?/m0/s1. The van der Waals surface area contributed by atoms with Crippen LogP contribution in [0.3, 0.4) is 0 Å². The molecule has 166 valence electrons. The fraction of sp³-hybridized carbons (Fsp3) is 0.577. The molecule has 1 N–H and O–H groups in total. The lowest BCUT2D eigenvalue weighted by Gasteiger charge is -2.52. The van der Waals surface area contributed by atoms with Gasteiger partial charge in [-0.15, -0.1) is 11.3 Å². The Morgan fingerprint density at radius 3 is 2.48 bits per heavy atom. The van der Waals surface area contributed by atoms with E-state index in [1.165, 1.54) is 30.0 Å². The van der Waals surface area contributed by atoms with Crippen molar-refractivity contribution in [2.75, 3.05) is 26.2 Å². The Hall–Kier alpha value is -1.69. The first-order valence-corrected chi connectivity index (χ1v) is 12.8. The highest BCUT2D eigenvalue weighted by molar-refractivity contribution is 7.10. The molecule has 4 heterocycles. The molecule has 31 heavy (non-hydrogen) atoms. The van der Waals surface area contributed by atoms with Gasteiger partial charge in [-0.3, -0.25) is 0 Å². The van der Waals surface area contributed by atoms with Crippen molar-refractivity contribution in [2.45, 2.75) is 56.7 Å². The number of esters is 1. The van der Waals surface area contributed by atoms with E-state index in [0.29, 0.717) is 5.92 Å². The van der Waals surface area contributed by atoms with E-state index in [4.69, 9.17) is 4.74 Å². The molecular formula is C26H34NO3S+. The van der Waals surface area contributed by atoms with Crippen molar-refractivity contribution in [2.24, 2.45) is 11.8 Å². The first kappa shape index (κ1) is 21.2. The number of fused-ring (bicyclic) bond motifs is 3. The van der Waals surface area contributed by atoms with Crippen LogP contribution in [0.4, 0.5) is 0 Å². The van der Waals surface area contributed by atoms with Crippen LogP contribution in [-0.2, 0) is 21.6 Å². The van der Waals surface area contributed by atoms with Crippen LogP contribution in [0.1, 0.15) is 49.0 Å². The summed E-state index contributed by atoms with van der Waals surface area (Å²) in [5.74, 6) is 0.0135. The maximum atomic E-state index is 13.5. The Morgan fingerprint density at radius 2 is 1.81 bits per heavy atom. The van der Waals surface area contributed by atoms with Crippen molar-refractivity contribution in [3.8, 4) is 0 Å². The van der Waals surface area contributed by atoms with E-state index in [1.807, 2.05) is 17.5 Å². The smallest absolute Gasteiger partial charge is 0.344 e. The zero-order chi connectivity index (χ0) is 21.3. The largest absolute Gasteiger partial charge is 0.454 e. The van der Waals surface area contributed by atoms with E-state index in [2.05, 4.69) is 30.3 Å². The summed E-state index contributed by atoms with van der Waals surface area (Å²) in [6.07, 6.45) is 7.19. The van der Waals surface area contributed by atoms with Gasteiger partial charge in [-0.05, 0) is 29.9 Å². The van der Waals surface area contributed by atoms with Gasteiger partial charge < -0.3 is 14.3 Å². The third kappa shape index (κ3) is 4.08. The van der Waals surface area contributed by atoms with Gasteiger partial charge >= 0.3 is 5.97 Å². The topological polar surface area (TPSA) is 46.5 Å². The molecule has 1 aromatic heterocycles. The molecule has 2 aromatic rings. The molecule has 0 radical (unpaired) electrons. The number of aliphatic hydroxyl groups is 1. The highest BCUT2D eigenvalue weighted by Crippen LogP contribution is 2.44. The molecule has 2 atom stereocenters. The van der Waals surface area contributed by atoms with Crippen LogP contribution < -0.4 is 0 Å². The third-order valence-electron chi connectivity index (χ3n) is 8.17. The monoisotopic (exact) mass is 440 g/mol. The summed E-state index contributed by atoms with van der Waals surface area (Å²) in [4.78, 5) is 14.3. The van der Waals surface area contributed by atoms with Crippen LogP contribution in [0.15, 0.2) is 47.8 Å². The van der Waals surface area contributed by atoms with Gasteiger partial charge in [0.25, 0.3) is 0 Å². The number of nitrogens with zero attached hydrogens (tertiary/aromatic N) is 1. The SMILES string of the molecule is O=C(O[C@H]1C[N+]2(CCc3ccccc3)CCC1CC2)[C@@](O)(c1cccs1)C1CCCC1. The van der Waals surface area contributed by atoms with Gasteiger partial charge in [-0.1, -0.05) is 49.2 Å². The number of quaternary nitrogens is 1. The van der Waals surface area contributed by atoms with Crippen molar-refractivity contribution >= 4 is 17.3 Å². The van der Waals surface area contributed by atoms with Gasteiger partial charge in [-0.25, -0.2) is 4.79 Å². The van der Waals surface area contributed by atoms with Crippen molar-refractivity contribution in [3.63, 3.8) is 0 Å². The van der Waals surface area contributed by atoms with E-state index in [0.717, 1.165) is 67.4 Å². The van der Waals surface area contributed by atoms with Crippen molar-refractivity contribution in [1.82, 2.24) is 0 Å². The second kappa shape index (κ2) is 8.68. The molecule has 6 rings (SSSR count). The lowest BCUT2D eigenvalue weighted by Crippen LogP contribution is -2.65. The Bertz CT molecular complexity index is 869. The first-order valence-electron chi connectivity index (χ1n) is 12.0. The first-order chi connectivity index (χ1) is 15.1. The Morgan fingerprint density at radius 1 is 1.06 bits per heavy atom. The maximum absolute atomic E-state index is 13.5. The molecular weight excluding hydrogens is 406 g/mol. The molecule has 4 fully saturated rings. The van der Waals surface area contributed by atoms with E-state index in [-0.39, 0.29) is 12.0 Å². The fourth-order valence-corrected chi connectivity index (χ4v) is 7.11. The molecule has 2 bridgehead atoms.